The summed E-state index contributed by atoms with van der Waals surface area (Å²) in [4.78, 5) is 10.4. The van der Waals surface area contributed by atoms with E-state index in [0.29, 0.717) is 0 Å². The predicted molar refractivity (Wildman–Crippen MR) is 41.9 cm³/mol. The molecule has 0 aliphatic heterocycles. The molecule has 3 N–H and O–H groups in total. The van der Waals surface area contributed by atoms with Crippen molar-refractivity contribution in [3.63, 3.8) is 0 Å². The topological polar surface area (TPSA) is 104 Å². The molecule has 0 fully saturated rings. The molecule has 1 atom stereocenters. The van der Waals surface area contributed by atoms with Gasteiger partial charge in [-0.3, -0.25) is 9.35 Å². The first-order valence-corrected chi connectivity index (χ1v) is 4.43. The average Bonchev–Trinajstić information content (AvgIpc) is 1.97. The van der Waals surface area contributed by atoms with Crippen molar-refractivity contribution in [2.45, 2.75) is 5.44 Å². The Balaban J connectivity index is -0.000000605. The van der Waals surface area contributed by atoms with Gasteiger partial charge in [-0.25, -0.2) is 0 Å². The fourth-order valence-electron chi connectivity index (χ4n) is 0.365. The van der Waals surface area contributed by atoms with Crippen LogP contribution < -0.4 is 34.9 Å². The van der Waals surface area contributed by atoms with E-state index in [9.17, 15) is 13.2 Å². The minimum atomic E-state index is -4.50. The summed E-state index contributed by atoms with van der Waals surface area (Å²) in [6, 6.07) is 0. The monoisotopic (exact) mass is 219 g/mol. The number of hydrogen-bond acceptors (Lipinski definition) is 4. The van der Waals surface area contributed by atoms with Crippen LogP contribution >= 0.6 is 0 Å². The zero-order chi connectivity index (χ0) is 9.78. The van der Waals surface area contributed by atoms with Crippen molar-refractivity contribution in [1.82, 2.24) is 5.32 Å². The molecule has 0 radical (unpaired) electrons. The summed E-state index contributed by atoms with van der Waals surface area (Å²) in [5.74, 6) is -0.627. The van der Waals surface area contributed by atoms with Crippen molar-refractivity contribution >= 4 is 16.0 Å². The fraction of sp³-hybridized carbons (Fsp3) is 0.400. The predicted octanol–water partition coefficient (Wildman–Crippen LogP) is -4.39. The quantitative estimate of drug-likeness (QED) is 0.252. The number of hydrogen-bond donors (Lipinski definition) is 3. The van der Waals surface area contributed by atoms with Crippen LogP contribution in [-0.2, 0) is 14.9 Å². The van der Waals surface area contributed by atoms with Gasteiger partial charge >= 0.3 is 29.6 Å². The van der Waals surface area contributed by atoms with E-state index in [-0.39, 0.29) is 31.0 Å². The number of nitrogens with one attached hydrogen (secondary N) is 1. The Labute approximate surface area is 99.5 Å². The van der Waals surface area contributed by atoms with E-state index in [1.54, 1.807) is 0 Å². The fourth-order valence-corrected chi connectivity index (χ4v) is 0.659. The molecule has 0 rings (SSSR count). The van der Waals surface area contributed by atoms with Gasteiger partial charge in [0.05, 0.1) is 6.54 Å². The SMILES string of the molecule is C=CC(=O)NCC(O)S(=O)(=O)O.[H-].[Na+]. The molecule has 0 saturated heterocycles. The molecule has 0 bridgehead atoms. The van der Waals surface area contributed by atoms with Gasteiger partial charge < -0.3 is 11.8 Å². The van der Waals surface area contributed by atoms with Gasteiger partial charge in [-0.15, -0.1) is 0 Å². The Morgan fingerprint density at radius 1 is 1.69 bits per heavy atom. The Bertz CT molecular complexity index is 280. The first kappa shape index (κ1) is 15.5. The number of rotatable bonds is 4. The van der Waals surface area contributed by atoms with Gasteiger partial charge in [0.15, 0.2) is 5.44 Å². The van der Waals surface area contributed by atoms with Crippen molar-refractivity contribution in [2.24, 2.45) is 0 Å². The van der Waals surface area contributed by atoms with Crippen molar-refractivity contribution in [3.8, 4) is 0 Å². The van der Waals surface area contributed by atoms with Crippen LogP contribution in [0, 0.1) is 0 Å². The Hall–Kier alpha value is 0.0800. The summed E-state index contributed by atoms with van der Waals surface area (Å²) in [5.41, 5.74) is -2.00. The van der Waals surface area contributed by atoms with Crippen LogP contribution in [0.2, 0.25) is 0 Å². The first-order valence-electron chi connectivity index (χ1n) is 2.92. The molecule has 72 valence electrons. The van der Waals surface area contributed by atoms with Crippen LogP contribution in [0.1, 0.15) is 1.43 Å². The maximum atomic E-state index is 10.4. The third kappa shape index (κ3) is 7.17. The van der Waals surface area contributed by atoms with Crippen LogP contribution in [-0.4, -0.2) is 36.0 Å². The number of carbonyl (C=O) groups is 1. The second kappa shape index (κ2) is 6.52. The molecule has 0 aromatic carbocycles. The van der Waals surface area contributed by atoms with E-state index >= 15 is 0 Å². The molecule has 0 aliphatic rings. The summed E-state index contributed by atoms with van der Waals surface area (Å²) in [5, 5.41) is 10.6. The smallest absolute Gasteiger partial charge is 1.00 e. The van der Waals surface area contributed by atoms with E-state index < -0.39 is 28.0 Å². The van der Waals surface area contributed by atoms with Crippen LogP contribution in [0.3, 0.4) is 0 Å². The molecule has 0 saturated carbocycles. The van der Waals surface area contributed by atoms with Crippen LogP contribution in [0.4, 0.5) is 0 Å². The molecule has 6 nitrogen and oxygen atoms in total. The van der Waals surface area contributed by atoms with Gasteiger partial charge in [0, 0.05) is 0 Å². The molecule has 0 aliphatic carbocycles. The third-order valence-corrected chi connectivity index (χ3v) is 1.83. The van der Waals surface area contributed by atoms with Crippen molar-refractivity contribution in [2.75, 3.05) is 6.54 Å². The minimum absolute atomic E-state index is 0. The van der Waals surface area contributed by atoms with Gasteiger partial charge in [0.25, 0.3) is 10.1 Å². The van der Waals surface area contributed by atoms with Crippen molar-refractivity contribution in [3.05, 3.63) is 12.7 Å². The molecule has 0 spiro atoms. The van der Waals surface area contributed by atoms with Gasteiger partial charge in [-0.05, 0) is 6.08 Å². The summed E-state index contributed by atoms with van der Waals surface area (Å²) in [6.45, 7) is 2.53. The van der Waals surface area contributed by atoms with E-state index in [0.717, 1.165) is 6.08 Å². The minimum Gasteiger partial charge on any atom is -1.00 e. The molecule has 1 amide bonds. The van der Waals surface area contributed by atoms with Crippen molar-refractivity contribution in [1.29, 1.82) is 0 Å². The van der Waals surface area contributed by atoms with Gasteiger partial charge in [0.1, 0.15) is 0 Å². The zero-order valence-electron chi connectivity index (χ0n) is 8.10. The van der Waals surface area contributed by atoms with Crippen LogP contribution in [0.25, 0.3) is 0 Å². The van der Waals surface area contributed by atoms with Gasteiger partial charge in [-0.1, -0.05) is 6.58 Å². The second-order valence-corrected chi connectivity index (χ2v) is 3.49. The number of aliphatic hydroxyl groups is 1. The van der Waals surface area contributed by atoms with Crippen LogP contribution in [0.5, 0.6) is 0 Å². The number of carbonyl (C=O) groups excluding carboxylic acids is 1. The molecule has 0 heterocycles. The van der Waals surface area contributed by atoms with Crippen LogP contribution in [0.15, 0.2) is 12.7 Å². The first-order chi connectivity index (χ1) is 5.38. The Kier molecular flexibility index (Phi) is 7.80. The van der Waals surface area contributed by atoms with Gasteiger partial charge in [-0.2, -0.15) is 8.42 Å². The van der Waals surface area contributed by atoms with E-state index in [2.05, 4.69) is 6.58 Å². The Morgan fingerprint density at radius 2 is 2.15 bits per heavy atom. The number of aliphatic hydroxyl groups excluding tert-OH is 1. The Morgan fingerprint density at radius 3 is 2.46 bits per heavy atom. The summed E-state index contributed by atoms with van der Waals surface area (Å²) in [6.07, 6.45) is 0.913. The zero-order valence-corrected chi connectivity index (χ0v) is 9.91. The molecule has 0 aromatic heterocycles. The van der Waals surface area contributed by atoms with Gasteiger partial charge in [0.2, 0.25) is 5.91 Å². The maximum absolute atomic E-state index is 10.4. The van der Waals surface area contributed by atoms with E-state index in [1.165, 1.54) is 0 Å². The second-order valence-electron chi connectivity index (χ2n) is 1.92. The summed E-state index contributed by atoms with van der Waals surface area (Å²) < 4.78 is 28.5. The molecular weight excluding hydrogens is 209 g/mol. The molecular formula is C5H10NNaO5S. The normalized spacial score (nSPS) is 12.5. The average molecular weight is 219 g/mol. The number of amides is 1. The maximum Gasteiger partial charge on any atom is 1.00 e. The molecule has 0 aromatic rings. The largest absolute Gasteiger partial charge is 1.00 e. The molecule has 8 heteroatoms. The standard InChI is InChI=1S/C5H9NO5S.Na.H/c1-2-4(7)6-3-5(8)12(9,10)11;;/h2,5,8H,1,3H2,(H,6,7)(H,9,10,11);;/q;+1;-1. The summed E-state index contributed by atoms with van der Waals surface area (Å²) in [7, 11) is -4.50. The van der Waals surface area contributed by atoms with E-state index in [1.807, 2.05) is 5.32 Å². The van der Waals surface area contributed by atoms with Crippen molar-refractivity contribution < 1.29 is 53.9 Å². The summed E-state index contributed by atoms with van der Waals surface area (Å²) >= 11 is 0. The molecule has 1 unspecified atom stereocenters. The molecule has 13 heavy (non-hydrogen) atoms. The van der Waals surface area contributed by atoms with E-state index in [4.69, 9.17) is 9.66 Å². The third-order valence-electron chi connectivity index (χ3n) is 0.980.